The first-order chi connectivity index (χ1) is 6.49. The first-order valence-corrected chi connectivity index (χ1v) is 3.74. The van der Waals surface area contributed by atoms with Crippen LogP contribution in [0.2, 0.25) is 0 Å². The third kappa shape index (κ3) is 2.04. The third-order valence-electron chi connectivity index (χ3n) is 1.50. The summed E-state index contributed by atoms with van der Waals surface area (Å²) in [5.74, 6) is -0.213. The molecule has 0 radical (unpaired) electrons. The summed E-state index contributed by atoms with van der Waals surface area (Å²) in [6, 6.07) is 0.678. The van der Waals surface area contributed by atoms with Gasteiger partial charge in [-0.2, -0.15) is 18.3 Å². The molecule has 14 heavy (non-hydrogen) atoms. The van der Waals surface area contributed by atoms with Crippen molar-refractivity contribution in [3.8, 4) is 5.88 Å². The molecule has 1 heterocycles. The van der Waals surface area contributed by atoms with Crippen molar-refractivity contribution >= 4 is 6.47 Å². The van der Waals surface area contributed by atoms with Gasteiger partial charge >= 0.3 is 6.18 Å². The normalized spacial score (nSPS) is 11.4. The van der Waals surface area contributed by atoms with E-state index in [1.165, 1.54) is 0 Å². The molecule has 0 atom stereocenters. The lowest BCUT2D eigenvalue weighted by molar-refractivity contribution is -0.141. The lowest BCUT2D eigenvalue weighted by Crippen LogP contribution is -2.07. The van der Waals surface area contributed by atoms with Gasteiger partial charge in [-0.3, -0.25) is 4.79 Å². The number of carbonyl (C=O) groups is 1. The number of nitrogens with zero attached hydrogens (tertiary/aromatic N) is 2. The van der Waals surface area contributed by atoms with Gasteiger partial charge in [0.25, 0.3) is 6.47 Å². The Hall–Kier alpha value is -1.53. The Morgan fingerprint density at radius 1 is 1.64 bits per heavy atom. The summed E-state index contributed by atoms with van der Waals surface area (Å²) in [5.41, 5.74) is -1.07. The molecular formula is C7H7F3N2O2. The Bertz CT molecular complexity index is 332. The van der Waals surface area contributed by atoms with E-state index in [2.05, 4.69) is 9.84 Å². The van der Waals surface area contributed by atoms with Crippen LogP contribution in [0.1, 0.15) is 12.6 Å². The smallest absolute Gasteiger partial charge is 0.410 e. The molecule has 7 heteroatoms. The van der Waals surface area contributed by atoms with Gasteiger partial charge < -0.3 is 4.74 Å². The van der Waals surface area contributed by atoms with Gasteiger partial charge in [0, 0.05) is 12.6 Å². The quantitative estimate of drug-likeness (QED) is 0.706. The van der Waals surface area contributed by atoms with Crippen molar-refractivity contribution in [1.29, 1.82) is 0 Å². The number of aromatic nitrogens is 2. The summed E-state index contributed by atoms with van der Waals surface area (Å²) in [6.45, 7) is 1.84. The van der Waals surface area contributed by atoms with Gasteiger partial charge in [0.2, 0.25) is 5.88 Å². The molecule has 0 spiro atoms. The molecule has 0 aliphatic heterocycles. The van der Waals surface area contributed by atoms with Gasteiger partial charge in [-0.1, -0.05) is 0 Å². The molecule has 1 aromatic rings. The Kier molecular flexibility index (Phi) is 2.78. The van der Waals surface area contributed by atoms with Crippen LogP contribution in [-0.2, 0) is 17.5 Å². The standard InChI is InChI=1S/C7H7F3N2O2/c1-2-12-6(14-4-13)3-5(11-12)7(8,9)10/h3-4H,2H2,1H3. The summed E-state index contributed by atoms with van der Waals surface area (Å²) >= 11 is 0. The van der Waals surface area contributed by atoms with Crippen LogP contribution in [0.25, 0.3) is 0 Å². The highest BCUT2D eigenvalue weighted by Gasteiger charge is 2.35. The van der Waals surface area contributed by atoms with Crippen LogP contribution in [0.4, 0.5) is 13.2 Å². The summed E-state index contributed by atoms with van der Waals surface area (Å²) in [6.07, 6.45) is -4.53. The van der Waals surface area contributed by atoms with Gasteiger partial charge in [-0.25, -0.2) is 4.68 Å². The van der Waals surface area contributed by atoms with E-state index >= 15 is 0 Å². The lowest BCUT2D eigenvalue weighted by atomic mass is 10.4. The number of hydrogen-bond donors (Lipinski definition) is 0. The molecule has 1 aromatic heterocycles. The largest absolute Gasteiger partial charge is 0.435 e. The minimum absolute atomic E-state index is 0.0589. The summed E-state index contributed by atoms with van der Waals surface area (Å²) in [4.78, 5) is 9.96. The molecule has 0 unspecified atom stereocenters. The Balaban J connectivity index is 3.06. The lowest BCUT2D eigenvalue weighted by Gasteiger charge is -2.00. The minimum atomic E-state index is -4.53. The van der Waals surface area contributed by atoms with E-state index in [4.69, 9.17) is 0 Å². The fourth-order valence-corrected chi connectivity index (χ4v) is 0.909. The second kappa shape index (κ2) is 3.69. The zero-order valence-electron chi connectivity index (χ0n) is 7.21. The van der Waals surface area contributed by atoms with Crippen LogP contribution < -0.4 is 4.74 Å². The van der Waals surface area contributed by atoms with Gasteiger partial charge in [0.15, 0.2) is 5.69 Å². The molecule has 0 N–H and O–H groups in total. The van der Waals surface area contributed by atoms with E-state index in [0.717, 1.165) is 4.68 Å². The van der Waals surface area contributed by atoms with Crippen molar-refractivity contribution in [1.82, 2.24) is 9.78 Å². The number of ether oxygens (including phenoxy) is 1. The van der Waals surface area contributed by atoms with Crippen molar-refractivity contribution in [2.45, 2.75) is 19.6 Å². The highest BCUT2D eigenvalue weighted by atomic mass is 19.4. The first kappa shape index (κ1) is 10.6. The Labute approximate surface area is 77.3 Å². The van der Waals surface area contributed by atoms with Crippen LogP contribution in [-0.4, -0.2) is 16.3 Å². The number of rotatable bonds is 3. The van der Waals surface area contributed by atoms with E-state index in [0.29, 0.717) is 6.07 Å². The molecule has 0 saturated carbocycles. The molecule has 4 nitrogen and oxygen atoms in total. The zero-order valence-corrected chi connectivity index (χ0v) is 7.21. The summed E-state index contributed by atoms with van der Waals surface area (Å²) < 4.78 is 41.7. The average Bonchev–Trinajstić information content (AvgIpc) is 2.47. The fraction of sp³-hybridized carbons (Fsp3) is 0.429. The van der Waals surface area contributed by atoms with E-state index in [1.54, 1.807) is 6.92 Å². The van der Waals surface area contributed by atoms with E-state index < -0.39 is 11.9 Å². The van der Waals surface area contributed by atoms with Crippen LogP contribution in [0.3, 0.4) is 0 Å². The minimum Gasteiger partial charge on any atom is -0.410 e. The van der Waals surface area contributed by atoms with Gasteiger partial charge in [-0.05, 0) is 6.92 Å². The molecule has 0 amide bonds. The van der Waals surface area contributed by atoms with Crippen LogP contribution in [0.5, 0.6) is 5.88 Å². The van der Waals surface area contributed by atoms with Gasteiger partial charge in [0.1, 0.15) is 0 Å². The molecule has 78 valence electrons. The number of alkyl halides is 3. The van der Waals surface area contributed by atoms with Crippen molar-refractivity contribution in [3.63, 3.8) is 0 Å². The summed E-state index contributed by atoms with van der Waals surface area (Å²) in [7, 11) is 0. The number of halogens is 3. The maximum atomic E-state index is 12.1. The van der Waals surface area contributed by atoms with Crippen molar-refractivity contribution < 1.29 is 22.7 Å². The molecular weight excluding hydrogens is 201 g/mol. The second-order valence-electron chi connectivity index (χ2n) is 2.40. The zero-order chi connectivity index (χ0) is 10.8. The molecule has 0 aromatic carbocycles. The topological polar surface area (TPSA) is 44.1 Å². The Morgan fingerprint density at radius 2 is 2.29 bits per heavy atom. The van der Waals surface area contributed by atoms with Gasteiger partial charge in [0.05, 0.1) is 0 Å². The molecule has 0 aliphatic rings. The third-order valence-corrected chi connectivity index (χ3v) is 1.50. The maximum absolute atomic E-state index is 12.1. The highest BCUT2D eigenvalue weighted by Crippen LogP contribution is 2.30. The predicted octanol–water partition coefficient (Wildman–Crippen LogP) is 1.46. The van der Waals surface area contributed by atoms with Crippen LogP contribution in [0.15, 0.2) is 6.07 Å². The average molecular weight is 208 g/mol. The number of aryl methyl sites for hydroxylation is 1. The number of carbonyl (C=O) groups excluding carboxylic acids is 1. The monoisotopic (exact) mass is 208 g/mol. The SMILES string of the molecule is CCn1nc(C(F)(F)F)cc1OC=O. The van der Waals surface area contributed by atoms with E-state index in [9.17, 15) is 18.0 Å². The fourth-order valence-electron chi connectivity index (χ4n) is 0.909. The first-order valence-electron chi connectivity index (χ1n) is 3.74. The van der Waals surface area contributed by atoms with Crippen molar-refractivity contribution in [3.05, 3.63) is 11.8 Å². The van der Waals surface area contributed by atoms with Crippen molar-refractivity contribution in [2.24, 2.45) is 0 Å². The van der Waals surface area contributed by atoms with Crippen molar-refractivity contribution in [2.75, 3.05) is 0 Å². The molecule has 0 aliphatic carbocycles. The second-order valence-corrected chi connectivity index (χ2v) is 2.40. The maximum Gasteiger partial charge on any atom is 0.435 e. The molecule has 0 fully saturated rings. The van der Waals surface area contributed by atoms with Gasteiger partial charge in [-0.15, -0.1) is 0 Å². The number of hydrogen-bond acceptors (Lipinski definition) is 3. The van der Waals surface area contributed by atoms with E-state index in [-0.39, 0.29) is 18.9 Å². The molecule has 0 bridgehead atoms. The van der Waals surface area contributed by atoms with Crippen LogP contribution >= 0.6 is 0 Å². The van der Waals surface area contributed by atoms with E-state index in [1.807, 2.05) is 0 Å². The highest BCUT2D eigenvalue weighted by molar-refractivity contribution is 5.43. The Morgan fingerprint density at radius 3 is 2.71 bits per heavy atom. The predicted molar refractivity (Wildman–Crippen MR) is 39.6 cm³/mol. The van der Waals surface area contributed by atoms with Crippen LogP contribution in [0, 0.1) is 0 Å². The summed E-state index contributed by atoms with van der Waals surface area (Å²) in [5, 5.41) is 3.23. The molecule has 0 saturated heterocycles. The molecule has 1 rings (SSSR count).